The van der Waals surface area contributed by atoms with Crippen LogP contribution in [0.3, 0.4) is 0 Å². The topological polar surface area (TPSA) is 98.0 Å². The number of halogens is 1. The normalized spacial score (nSPS) is 15.6. The number of nitrogens with one attached hydrogen (secondary N) is 2. The summed E-state index contributed by atoms with van der Waals surface area (Å²) in [4.78, 5) is 28.1. The van der Waals surface area contributed by atoms with Crippen LogP contribution in [-0.2, 0) is 9.59 Å². The number of carbonyl (C=O) groups excluding carboxylic acids is 2. The molecule has 0 unspecified atom stereocenters. The van der Waals surface area contributed by atoms with Gasteiger partial charge in [-0.3, -0.25) is 14.5 Å². The first-order valence-electron chi connectivity index (χ1n) is 10.0. The average Bonchev–Trinajstić information content (AvgIpc) is 3.29. The molecule has 0 aliphatic carbocycles. The predicted molar refractivity (Wildman–Crippen MR) is 109 cm³/mol. The minimum atomic E-state index is -0.731. The van der Waals surface area contributed by atoms with E-state index in [4.69, 9.17) is 9.52 Å². The zero-order valence-corrected chi connectivity index (χ0v) is 16.7. The van der Waals surface area contributed by atoms with Crippen LogP contribution < -0.4 is 15.5 Å². The highest BCUT2D eigenvalue weighted by molar-refractivity contribution is 6.35. The molecule has 1 aromatic carbocycles. The molecule has 1 saturated heterocycles. The Morgan fingerprint density at radius 2 is 1.80 bits per heavy atom. The predicted octanol–water partition coefficient (Wildman–Crippen LogP) is 0.897. The van der Waals surface area contributed by atoms with E-state index in [-0.39, 0.29) is 31.6 Å². The number of hydrogen-bond acceptors (Lipinski definition) is 6. The van der Waals surface area contributed by atoms with Crippen LogP contribution in [0.4, 0.5) is 10.1 Å². The number of aliphatic hydroxyl groups is 1. The van der Waals surface area contributed by atoms with E-state index < -0.39 is 11.8 Å². The first kappa shape index (κ1) is 21.8. The van der Waals surface area contributed by atoms with Crippen LogP contribution in [0.15, 0.2) is 47.1 Å². The third kappa shape index (κ3) is 5.58. The van der Waals surface area contributed by atoms with E-state index in [2.05, 4.69) is 15.5 Å². The Kier molecular flexibility index (Phi) is 7.81. The van der Waals surface area contributed by atoms with Crippen LogP contribution >= 0.6 is 0 Å². The molecule has 2 aromatic rings. The van der Waals surface area contributed by atoms with Gasteiger partial charge in [-0.25, -0.2) is 4.39 Å². The van der Waals surface area contributed by atoms with E-state index >= 15 is 0 Å². The molecule has 2 heterocycles. The number of furan rings is 1. The van der Waals surface area contributed by atoms with Crippen LogP contribution in [0.2, 0.25) is 0 Å². The van der Waals surface area contributed by atoms with E-state index in [1.54, 1.807) is 24.5 Å². The van der Waals surface area contributed by atoms with Crippen molar-refractivity contribution in [1.29, 1.82) is 0 Å². The molecule has 8 nitrogen and oxygen atoms in total. The maximum absolute atomic E-state index is 14.1. The van der Waals surface area contributed by atoms with Gasteiger partial charge in [-0.1, -0.05) is 12.1 Å². The van der Waals surface area contributed by atoms with Crippen molar-refractivity contribution in [3.05, 3.63) is 54.2 Å². The summed E-state index contributed by atoms with van der Waals surface area (Å²) >= 11 is 0. The Hall–Kier alpha value is -2.91. The van der Waals surface area contributed by atoms with Gasteiger partial charge >= 0.3 is 11.8 Å². The van der Waals surface area contributed by atoms with Gasteiger partial charge in [0.05, 0.1) is 18.0 Å². The monoisotopic (exact) mass is 418 g/mol. The van der Waals surface area contributed by atoms with Gasteiger partial charge in [-0.15, -0.1) is 0 Å². The fourth-order valence-corrected chi connectivity index (χ4v) is 3.50. The second-order valence-electron chi connectivity index (χ2n) is 7.05. The van der Waals surface area contributed by atoms with E-state index in [1.807, 2.05) is 17.0 Å². The first-order chi connectivity index (χ1) is 14.6. The van der Waals surface area contributed by atoms with E-state index in [9.17, 15) is 14.0 Å². The highest BCUT2D eigenvalue weighted by Crippen LogP contribution is 2.25. The lowest BCUT2D eigenvalue weighted by atomic mass is 10.1. The van der Waals surface area contributed by atoms with Crippen molar-refractivity contribution in [1.82, 2.24) is 15.5 Å². The number of hydrogen-bond donors (Lipinski definition) is 3. The molecule has 9 heteroatoms. The summed E-state index contributed by atoms with van der Waals surface area (Å²) in [5.74, 6) is -1.01. The number of nitrogens with zero attached hydrogens (tertiary/aromatic N) is 2. The molecular formula is C21H27FN4O4. The SMILES string of the molecule is O=C(NCCCO)C(=O)NC[C@@H](c1ccco1)N1CCN(c2ccccc2F)CC1. The van der Waals surface area contributed by atoms with Gasteiger partial charge in [0.15, 0.2) is 0 Å². The fourth-order valence-electron chi connectivity index (χ4n) is 3.50. The number of aliphatic hydroxyl groups excluding tert-OH is 1. The van der Waals surface area contributed by atoms with Gasteiger partial charge in [0, 0.05) is 45.9 Å². The van der Waals surface area contributed by atoms with E-state index in [1.165, 1.54) is 6.07 Å². The van der Waals surface area contributed by atoms with Gasteiger partial charge < -0.3 is 25.1 Å². The Labute approximate surface area is 174 Å². The summed E-state index contributed by atoms with van der Waals surface area (Å²) in [5.41, 5.74) is 0.583. The van der Waals surface area contributed by atoms with Crippen LogP contribution in [-0.4, -0.2) is 67.7 Å². The maximum Gasteiger partial charge on any atom is 0.309 e. The van der Waals surface area contributed by atoms with Crippen molar-refractivity contribution < 1.29 is 23.5 Å². The number of para-hydroxylation sites is 1. The van der Waals surface area contributed by atoms with Crippen molar-refractivity contribution in [3.63, 3.8) is 0 Å². The van der Waals surface area contributed by atoms with Gasteiger partial charge in [-0.2, -0.15) is 0 Å². The number of anilines is 1. The molecule has 0 spiro atoms. The van der Waals surface area contributed by atoms with Crippen molar-refractivity contribution in [3.8, 4) is 0 Å². The average molecular weight is 418 g/mol. The van der Waals surface area contributed by atoms with Crippen LogP contribution in [0.25, 0.3) is 0 Å². The molecule has 1 aromatic heterocycles. The standard InChI is InChI=1S/C21H27FN4O4/c22-16-5-1-2-6-17(16)25-9-11-26(12-10-25)18(19-7-3-14-30-19)15-24-21(29)20(28)23-8-4-13-27/h1-3,5-7,14,18,27H,4,8-13,15H2,(H,23,28)(H,24,29)/t18-/m0/s1. The lowest BCUT2D eigenvalue weighted by Crippen LogP contribution is -2.51. The molecular weight excluding hydrogens is 391 g/mol. The molecule has 0 saturated carbocycles. The number of benzene rings is 1. The lowest BCUT2D eigenvalue weighted by Gasteiger charge is -2.39. The number of carbonyl (C=O) groups is 2. The minimum absolute atomic E-state index is 0.0542. The summed E-state index contributed by atoms with van der Waals surface area (Å²) in [6.45, 7) is 2.96. The highest BCUT2D eigenvalue weighted by atomic mass is 19.1. The van der Waals surface area contributed by atoms with E-state index in [0.29, 0.717) is 44.0 Å². The van der Waals surface area contributed by atoms with Crippen LogP contribution in [0.1, 0.15) is 18.2 Å². The maximum atomic E-state index is 14.1. The highest BCUT2D eigenvalue weighted by Gasteiger charge is 2.28. The van der Waals surface area contributed by atoms with Gasteiger partial charge in [0.2, 0.25) is 0 Å². The van der Waals surface area contributed by atoms with Gasteiger partial charge in [0.25, 0.3) is 0 Å². The molecule has 162 valence electrons. The van der Waals surface area contributed by atoms with Crippen molar-refractivity contribution in [2.75, 3.05) is 50.8 Å². The third-order valence-corrected chi connectivity index (χ3v) is 5.10. The molecule has 3 rings (SSSR count). The molecule has 3 N–H and O–H groups in total. The molecule has 0 bridgehead atoms. The molecule has 1 aliphatic heterocycles. The second kappa shape index (κ2) is 10.7. The number of piperazine rings is 1. The van der Waals surface area contributed by atoms with E-state index in [0.717, 1.165) is 0 Å². The second-order valence-corrected chi connectivity index (χ2v) is 7.05. The molecule has 30 heavy (non-hydrogen) atoms. The Bertz CT molecular complexity index is 822. The van der Waals surface area contributed by atoms with Crippen molar-refractivity contribution >= 4 is 17.5 Å². The molecule has 0 radical (unpaired) electrons. The van der Waals surface area contributed by atoms with Crippen molar-refractivity contribution in [2.24, 2.45) is 0 Å². The number of rotatable bonds is 8. The van der Waals surface area contributed by atoms with Gasteiger partial charge in [-0.05, 0) is 30.7 Å². The zero-order valence-electron chi connectivity index (χ0n) is 16.7. The molecule has 1 aliphatic rings. The smallest absolute Gasteiger partial charge is 0.309 e. The molecule has 2 amide bonds. The van der Waals surface area contributed by atoms with Crippen LogP contribution in [0, 0.1) is 5.82 Å². The Morgan fingerprint density at radius 1 is 1.07 bits per heavy atom. The quantitative estimate of drug-likeness (QED) is 0.435. The molecule has 1 fully saturated rings. The molecule has 1 atom stereocenters. The van der Waals surface area contributed by atoms with Crippen molar-refractivity contribution in [2.45, 2.75) is 12.5 Å². The number of amides is 2. The minimum Gasteiger partial charge on any atom is -0.468 e. The van der Waals surface area contributed by atoms with Crippen LogP contribution in [0.5, 0.6) is 0 Å². The zero-order chi connectivity index (χ0) is 21.3. The third-order valence-electron chi connectivity index (χ3n) is 5.10. The summed E-state index contributed by atoms with van der Waals surface area (Å²) in [7, 11) is 0. The Morgan fingerprint density at radius 3 is 2.47 bits per heavy atom. The first-order valence-corrected chi connectivity index (χ1v) is 10.0. The summed E-state index contributed by atoms with van der Waals surface area (Å²) in [6.07, 6.45) is 1.96. The summed E-state index contributed by atoms with van der Waals surface area (Å²) in [5, 5.41) is 13.9. The lowest BCUT2D eigenvalue weighted by molar-refractivity contribution is -0.139. The van der Waals surface area contributed by atoms with Gasteiger partial charge in [0.1, 0.15) is 11.6 Å². The summed E-state index contributed by atoms with van der Waals surface area (Å²) in [6, 6.07) is 10.1. The Balaban J connectivity index is 1.58. The fraction of sp³-hybridized carbons (Fsp3) is 0.429. The summed E-state index contributed by atoms with van der Waals surface area (Å²) < 4.78 is 19.6. The largest absolute Gasteiger partial charge is 0.468 e.